The second-order valence-corrected chi connectivity index (χ2v) is 12.9. The van der Waals surface area contributed by atoms with E-state index in [0.717, 1.165) is 35.2 Å². The fourth-order valence-corrected chi connectivity index (χ4v) is 6.26. The lowest BCUT2D eigenvalue weighted by Gasteiger charge is -2.39. The van der Waals surface area contributed by atoms with Gasteiger partial charge in [-0.3, -0.25) is 4.79 Å². The maximum Gasteiger partial charge on any atom is 0.416 e. The Balaban J connectivity index is 1.49. The van der Waals surface area contributed by atoms with Crippen molar-refractivity contribution in [3.63, 3.8) is 0 Å². The third-order valence-electron chi connectivity index (χ3n) is 6.71. The number of carbonyl (C=O) groups is 2. The van der Waals surface area contributed by atoms with E-state index in [1.165, 1.54) is 41.3 Å². The normalized spacial score (nSPS) is 16.3. The van der Waals surface area contributed by atoms with E-state index in [1.54, 1.807) is 10.4 Å². The molecule has 0 unspecified atom stereocenters. The Labute approximate surface area is 247 Å². The first-order valence-corrected chi connectivity index (χ1v) is 15.4. The minimum absolute atomic E-state index is 0.0763. The molecule has 0 aromatic heterocycles. The molecule has 0 aliphatic carbocycles. The van der Waals surface area contributed by atoms with Crippen LogP contribution in [0.25, 0.3) is 0 Å². The van der Waals surface area contributed by atoms with Crippen LogP contribution in [0.15, 0.2) is 88.7 Å². The van der Waals surface area contributed by atoms with Crippen LogP contribution in [-0.2, 0) is 27.5 Å². The molecule has 3 aromatic carbocycles. The molecule has 3 aromatic rings. The van der Waals surface area contributed by atoms with Crippen molar-refractivity contribution < 1.29 is 31.2 Å². The zero-order valence-electron chi connectivity index (χ0n) is 23.0. The van der Waals surface area contributed by atoms with Gasteiger partial charge in [-0.15, -0.1) is 0 Å². The molecule has 3 amide bonds. The van der Waals surface area contributed by atoms with Crippen LogP contribution < -0.4 is 10.0 Å². The summed E-state index contributed by atoms with van der Waals surface area (Å²) in [6.45, 7) is 4.49. The van der Waals surface area contributed by atoms with Gasteiger partial charge >= 0.3 is 12.2 Å². The molecule has 4 rings (SSSR count). The summed E-state index contributed by atoms with van der Waals surface area (Å²) < 4.78 is 68.2. The Morgan fingerprint density at radius 2 is 1.60 bits per heavy atom. The smallest absolute Gasteiger partial charge is 0.351 e. The number of benzene rings is 3. The summed E-state index contributed by atoms with van der Waals surface area (Å²) in [4.78, 5) is 28.1. The zero-order valence-corrected chi connectivity index (χ0v) is 24.6. The molecule has 1 heterocycles. The third kappa shape index (κ3) is 8.05. The molecule has 42 heavy (non-hydrogen) atoms. The molecule has 1 saturated heterocycles. The highest BCUT2D eigenvalue weighted by atomic mass is 32.2. The molecule has 1 atom stereocenters. The fraction of sp³-hybridized carbons (Fsp3) is 0.310. The van der Waals surface area contributed by atoms with Gasteiger partial charge in [0.05, 0.1) is 10.5 Å². The number of sulfonamides is 1. The van der Waals surface area contributed by atoms with Crippen molar-refractivity contribution >= 4 is 33.9 Å². The maximum absolute atomic E-state index is 13.4. The van der Waals surface area contributed by atoms with E-state index in [1.807, 2.05) is 24.3 Å². The van der Waals surface area contributed by atoms with Gasteiger partial charge in [-0.2, -0.15) is 13.2 Å². The van der Waals surface area contributed by atoms with Gasteiger partial charge in [0, 0.05) is 31.1 Å². The number of alkyl halides is 3. The van der Waals surface area contributed by atoms with Crippen LogP contribution in [0.1, 0.15) is 36.5 Å². The highest BCUT2D eigenvalue weighted by Crippen LogP contribution is 2.33. The fourth-order valence-electron chi connectivity index (χ4n) is 4.28. The van der Waals surface area contributed by atoms with Gasteiger partial charge < -0.3 is 10.2 Å². The Hall–Kier alpha value is -3.55. The van der Waals surface area contributed by atoms with E-state index >= 15 is 0 Å². The van der Waals surface area contributed by atoms with Crippen molar-refractivity contribution in [1.29, 1.82) is 0 Å². The number of hydrogen-bond donors (Lipinski definition) is 2. The largest absolute Gasteiger partial charge is 0.416 e. The van der Waals surface area contributed by atoms with Crippen molar-refractivity contribution in [3.05, 3.63) is 95.6 Å². The molecule has 1 aliphatic rings. The van der Waals surface area contributed by atoms with Gasteiger partial charge in [-0.1, -0.05) is 56.3 Å². The summed E-state index contributed by atoms with van der Waals surface area (Å²) in [6, 6.07) is 18.0. The number of halogens is 3. The van der Waals surface area contributed by atoms with E-state index in [9.17, 15) is 31.2 Å². The lowest BCUT2D eigenvalue weighted by atomic mass is 10.0. The van der Waals surface area contributed by atoms with Crippen LogP contribution in [0.5, 0.6) is 0 Å². The minimum Gasteiger partial charge on any atom is -0.351 e. The van der Waals surface area contributed by atoms with Gasteiger partial charge in [-0.05, 0) is 65.4 Å². The standard InChI is InChI=1S/C29H31F3N4O4S2/c1-20(2)22-10-8-21(9-11-22)18-33-27(37)26-19-35(28(38)34-42(39,40)25-6-4-3-5-7-25)16-17-36(26)41-24-14-12-23(13-15-24)29(30,31)32/h3-15,20,26H,16-19H2,1-2H3,(H,33,37)(H,34,38)/t26-/m1/s1. The minimum atomic E-state index is -4.47. The van der Waals surface area contributed by atoms with Crippen LogP contribution in [-0.4, -0.2) is 55.2 Å². The van der Waals surface area contributed by atoms with Crippen molar-refractivity contribution in [1.82, 2.24) is 19.2 Å². The first kappa shape index (κ1) is 31.4. The van der Waals surface area contributed by atoms with E-state index in [0.29, 0.717) is 10.8 Å². The second-order valence-electron chi connectivity index (χ2n) is 10.1. The molecule has 1 fully saturated rings. The van der Waals surface area contributed by atoms with Crippen molar-refractivity contribution in [3.8, 4) is 0 Å². The molecule has 0 spiro atoms. The highest BCUT2D eigenvalue weighted by Gasteiger charge is 2.36. The summed E-state index contributed by atoms with van der Waals surface area (Å²) in [5.74, 6) is -0.0553. The summed E-state index contributed by atoms with van der Waals surface area (Å²) in [7, 11) is -4.13. The second kappa shape index (κ2) is 13.2. The monoisotopic (exact) mass is 620 g/mol. The van der Waals surface area contributed by atoms with E-state index in [-0.39, 0.29) is 31.1 Å². The summed E-state index contributed by atoms with van der Waals surface area (Å²) >= 11 is 1.10. The van der Waals surface area contributed by atoms with Crippen LogP contribution in [0.2, 0.25) is 0 Å². The average Bonchev–Trinajstić information content (AvgIpc) is 2.96. The van der Waals surface area contributed by atoms with Crippen molar-refractivity contribution in [2.75, 3.05) is 19.6 Å². The Morgan fingerprint density at radius 3 is 2.19 bits per heavy atom. The number of hydrogen-bond acceptors (Lipinski definition) is 6. The number of nitrogens with one attached hydrogen (secondary N) is 2. The molecule has 13 heteroatoms. The Morgan fingerprint density at radius 1 is 0.952 bits per heavy atom. The predicted molar refractivity (Wildman–Crippen MR) is 154 cm³/mol. The Kier molecular flexibility index (Phi) is 9.85. The van der Waals surface area contributed by atoms with Gasteiger partial charge in [0.2, 0.25) is 5.91 Å². The average molecular weight is 621 g/mol. The number of rotatable bonds is 8. The molecular formula is C29H31F3N4O4S2. The molecular weight excluding hydrogens is 589 g/mol. The summed E-state index contributed by atoms with van der Waals surface area (Å²) in [5, 5.41) is 2.88. The molecule has 0 radical (unpaired) electrons. The number of urea groups is 1. The lowest BCUT2D eigenvalue weighted by molar-refractivity contribution is -0.137. The molecule has 224 valence electrons. The van der Waals surface area contributed by atoms with Crippen LogP contribution in [0.4, 0.5) is 18.0 Å². The van der Waals surface area contributed by atoms with Crippen LogP contribution in [0.3, 0.4) is 0 Å². The van der Waals surface area contributed by atoms with Gasteiger partial charge in [-0.25, -0.2) is 22.2 Å². The topological polar surface area (TPSA) is 98.8 Å². The number of piperazine rings is 1. The number of carbonyl (C=O) groups excluding carboxylic acids is 2. The van der Waals surface area contributed by atoms with Gasteiger partial charge in [0.15, 0.2) is 0 Å². The highest BCUT2D eigenvalue weighted by molar-refractivity contribution is 7.97. The lowest BCUT2D eigenvalue weighted by Crippen LogP contribution is -2.59. The van der Waals surface area contributed by atoms with Gasteiger partial charge in [0.25, 0.3) is 10.0 Å². The van der Waals surface area contributed by atoms with Crippen LogP contribution >= 0.6 is 11.9 Å². The Bertz CT molecular complexity index is 1480. The van der Waals surface area contributed by atoms with E-state index in [4.69, 9.17) is 0 Å². The van der Waals surface area contributed by atoms with Crippen molar-refractivity contribution in [2.24, 2.45) is 0 Å². The quantitative estimate of drug-likeness (QED) is 0.335. The van der Waals surface area contributed by atoms with Gasteiger partial charge in [0.1, 0.15) is 6.04 Å². The zero-order chi connectivity index (χ0) is 30.5. The van der Waals surface area contributed by atoms with E-state index in [2.05, 4.69) is 23.9 Å². The SMILES string of the molecule is CC(C)c1ccc(CNC(=O)[C@H]2CN(C(=O)NS(=O)(=O)c3ccccc3)CCN2Sc2ccc(C(F)(F)F)cc2)cc1. The van der Waals surface area contributed by atoms with E-state index < -0.39 is 39.7 Å². The number of nitrogens with zero attached hydrogens (tertiary/aromatic N) is 2. The molecule has 2 N–H and O–H groups in total. The first-order chi connectivity index (χ1) is 19.8. The first-order valence-electron chi connectivity index (χ1n) is 13.2. The number of amides is 3. The molecule has 0 saturated carbocycles. The maximum atomic E-state index is 13.4. The van der Waals surface area contributed by atoms with Crippen molar-refractivity contribution in [2.45, 2.75) is 48.3 Å². The molecule has 1 aliphatic heterocycles. The third-order valence-corrected chi connectivity index (χ3v) is 9.20. The molecule has 0 bridgehead atoms. The van der Waals surface area contributed by atoms with Crippen LogP contribution in [0, 0.1) is 0 Å². The summed E-state index contributed by atoms with van der Waals surface area (Å²) in [6.07, 6.45) is -4.47. The molecule has 8 nitrogen and oxygen atoms in total. The summed E-state index contributed by atoms with van der Waals surface area (Å²) in [5.41, 5.74) is 1.24. The predicted octanol–water partition coefficient (Wildman–Crippen LogP) is 5.24.